The number of halogens is 2. The summed E-state index contributed by atoms with van der Waals surface area (Å²) in [6.07, 6.45) is 0.159. The third-order valence-electron chi connectivity index (χ3n) is 5.77. The number of nitrogens with zero attached hydrogens (tertiary/aromatic N) is 1. The Labute approximate surface area is 189 Å². The highest BCUT2D eigenvalue weighted by molar-refractivity contribution is 6.30. The van der Waals surface area contributed by atoms with Crippen molar-refractivity contribution in [2.45, 2.75) is 12.5 Å². The van der Waals surface area contributed by atoms with Crippen molar-refractivity contribution >= 4 is 28.6 Å². The molecule has 3 aromatic carbocycles. The van der Waals surface area contributed by atoms with Crippen LogP contribution in [0.15, 0.2) is 66.7 Å². The van der Waals surface area contributed by atoms with Crippen molar-refractivity contribution < 1.29 is 18.7 Å². The number of H-pyrrole nitrogens is 1. The minimum absolute atomic E-state index is 0.309. The molecule has 0 bridgehead atoms. The number of carbonyl (C=O) groups is 1. The summed E-state index contributed by atoms with van der Waals surface area (Å²) in [5.41, 5.74) is 3.54. The van der Waals surface area contributed by atoms with Crippen LogP contribution in [-0.4, -0.2) is 29.6 Å². The Balaban J connectivity index is 1.57. The van der Waals surface area contributed by atoms with Crippen molar-refractivity contribution in [2.24, 2.45) is 0 Å². The number of aromatic amines is 1. The number of hydrogen-bond acceptors (Lipinski definition) is 3. The van der Waals surface area contributed by atoms with Gasteiger partial charge in [-0.05, 0) is 72.1 Å². The summed E-state index contributed by atoms with van der Waals surface area (Å²) in [6, 6.07) is 18.5. The van der Waals surface area contributed by atoms with Gasteiger partial charge in [0.25, 0.3) is 0 Å². The van der Waals surface area contributed by atoms with E-state index in [4.69, 9.17) is 21.1 Å². The lowest BCUT2D eigenvalue weighted by Crippen LogP contribution is -2.42. The van der Waals surface area contributed by atoms with Crippen LogP contribution in [0.25, 0.3) is 10.9 Å². The first kappa shape index (κ1) is 20.4. The first-order chi connectivity index (χ1) is 15.5. The Morgan fingerprint density at radius 1 is 1.06 bits per heavy atom. The number of benzene rings is 3. The van der Waals surface area contributed by atoms with Gasteiger partial charge in [-0.2, -0.15) is 0 Å². The number of methoxy groups -OCH3 is 1. The van der Waals surface area contributed by atoms with Gasteiger partial charge < -0.3 is 14.5 Å². The van der Waals surface area contributed by atoms with Crippen molar-refractivity contribution in [3.05, 3.63) is 94.4 Å². The first-order valence-electron chi connectivity index (χ1n) is 10.2. The highest BCUT2D eigenvalue weighted by Gasteiger charge is 2.35. The van der Waals surface area contributed by atoms with E-state index in [1.807, 2.05) is 24.3 Å². The van der Waals surface area contributed by atoms with Gasteiger partial charge in [0.2, 0.25) is 0 Å². The molecule has 1 aliphatic heterocycles. The summed E-state index contributed by atoms with van der Waals surface area (Å²) < 4.78 is 24.8. The zero-order chi connectivity index (χ0) is 22.2. The Bertz CT molecular complexity index is 1290. The third-order valence-corrected chi connectivity index (χ3v) is 6.03. The van der Waals surface area contributed by atoms with Crippen LogP contribution in [-0.2, 0) is 6.42 Å². The van der Waals surface area contributed by atoms with Crippen LogP contribution in [0.5, 0.6) is 11.5 Å². The Morgan fingerprint density at radius 2 is 1.78 bits per heavy atom. The predicted molar refractivity (Wildman–Crippen MR) is 121 cm³/mol. The third kappa shape index (κ3) is 3.67. The fourth-order valence-electron chi connectivity index (χ4n) is 4.26. The van der Waals surface area contributed by atoms with E-state index in [9.17, 15) is 9.18 Å². The summed E-state index contributed by atoms with van der Waals surface area (Å²) in [7, 11) is 1.61. The van der Waals surface area contributed by atoms with E-state index >= 15 is 0 Å². The van der Waals surface area contributed by atoms with E-state index < -0.39 is 12.1 Å². The fraction of sp³-hybridized carbons (Fsp3) is 0.160. The van der Waals surface area contributed by atoms with E-state index in [1.165, 1.54) is 12.1 Å². The number of nitrogens with one attached hydrogen (secondary N) is 1. The second-order valence-electron chi connectivity index (χ2n) is 7.65. The number of aromatic nitrogens is 1. The minimum atomic E-state index is -0.469. The quantitative estimate of drug-likeness (QED) is 0.409. The highest BCUT2D eigenvalue weighted by atomic mass is 35.5. The van der Waals surface area contributed by atoms with Crippen LogP contribution >= 0.6 is 11.6 Å². The molecule has 4 aromatic rings. The largest absolute Gasteiger partial charge is 0.497 e. The van der Waals surface area contributed by atoms with Crippen molar-refractivity contribution in [1.82, 2.24) is 9.88 Å². The monoisotopic (exact) mass is 450 g/mol. The number of rotatable bonds is 3. The molecule has 0 aliphatic carbocycles. The zero-order valence-electron chi connectivity index (χ0n) is 17.3. The maximum absolute atomic E-state index is 13.9. The molecule has 2 heterocycles. The van der Waals surface area contributed by atoms with Gasteiger partial charge >= 0.3 is 6.09 Å². The Kier molecular flexibility index (Phi) is 5.23. The molecule has 1 amide bonds. The number of carbonyl (C=O) groups excluding carboxylic acids is 1. The summed E-state index contributed by atoms with van der Waals surface area (Å²) in [5, 5.41) is 1.53. The van der Waals surface area contributed by atoms with Gasteiger partial charge in [0, 0.05) is 28.2 Å². The molecule has 5 rings (SSSR count). The molecule has 162 valence electrons. The van der Waals surface area contributed by atoms with Crippen LogP contribution in [0.3, 0.4) is 0 Å². The summed E-state index contributed by atoms with van der Waals surface area (Å²) >= 11 is 5.94. The zero-order valence-corrected chi connectivity index (χ0v) is 18.0. The molecule has 0 spiro atoms. The van der Waals surface area contributed by atoms with Crippen LogP contribution in [0.2, 0.25) is 5.02 Å². The van der Waals surface area contributed by atoms with Crippen molar-refractivity contribution in [1.29, 1.82) is 0 Å². The molecular weight excluding hydrogens is 431 g/mol. The fourth-order valence-corrected chi connectivity index (χ4v) is 4.39. The van der Waals surface area contributed by atoms with E-state index in [0.29, 0.717) is 29.3 Å². The molecule has 5 nitrogen and oxygen atoms in total. The van der Waals surface area contributed by atoms with E-state index in [2.05, 4.69) is 4.98 Å². The van der Waals surface area contributed by atoms with Gasteiger partial charge in [-0.15, -0.1) is 0 Å². The molecule has 1 aliphatic rings. The number of amides is 1. The molecule has 0 radical (unpaired) electrons. The summed E-state index contributed by atoms with van der Waals surface area (Å²) in [6.45, 7) is 0.459. The lowest BCUT2D eigenvalue weighted by molar-refractivity contribution is 0.135. The van der Waals surface area contributed by atoms with Crippen LogP contribution in [0.1, 0.15) is 22.9 Å². The van der Waals surface area contributed by atoms with Crippen molar-refractivity contribution in [3.8, 4) is 11.5 Å². The standard InChI is InChI=1S/C25H20ClFN2O3/c1-31-18-7-2-15(3-8-18)24-23-21(20-11-6-17(27)14-22(20)28-23)12-13-29(24)25(30)32-19-9-4-16(26)5-10-19/h2-11,14,24,28H,12-13H2,1H3. The molecule has 1 unspecified atom stereocenters. The maximum atomic E-state index is 13.9. The van der Waals surface area contributed by atoms with Crippen LogP contribution < -0.4 is 9.47 Å². The first-order valence-corrected chi connectivity index (χ1v) is 10.6. The topological polar surface area (TPSA) is 54.6 Å². The Morgan fingerprint density at radius 3 is 2.50 bits per heavy atom. The second-order valence-corrected chi connectivity index (χ2v) is 8.08. The molecule has 1 aromatic heterocycles. The van der Waals surface area contributed by atoms with Crippen LogP contribution in [0.4, 0.5) is 9.18 Å². The molecular formula is C25H20ClFN2O3. The van der Waals surface area contributed by atoms with Crippen molar-refractivity contribution in [2.75, 3.05) is 13.7 Å². The maximum Gasteiger partial charge on any atom is 0.416 e. The SMILES string of the molecule is COc1ccc(C2c3[nH]c4cc(F)ccc4c3CCN2C(=O)Oc2ccc(Cl)cc2)cc1. The number of fused-ring (bicyclic) bond motifs is 3. The average Bonchev–Trinajstić information content (AvgIpc) is 3.17. The lowest BCUT2D eigenvalue weighted by Gasteiger charge is -2.35. The number of hydrogen-bond donors (Lipinski definition) is 1. The van der Waals surface area contributed by atoms with Gasteiger partial charge in [0.05, 0.1) is 7.11 Å². The van der Waals surface area contributed by atoms with E-state index in [0.717, 1.165) is 28.0 Å². The van der Waals surface area contributed by atoms with Crippen LogP contribution in [0, 0.1) is 5.82 Å². The molecule has 32 heavy (non-hydrogen) atoms. The van der Waals surface area contributed by atoms with Gasteiger partial charge in [0.1, 0.15) is 23.4 Å². The average molecular weight is 451 g/mol. The summed E-state index contributed by atoms with van der Waals surface area (Å²) in [4.78, 5) is 18.2. The molecule has 1 atom stereocenters. The molecule has 0 saturated carbocycles. The molecule has 0 saturated heterocycles. The van der Waals surface area contributed by atoms with Gasteiger partial charge in [-0.25, -0.2) is 9.18 Å². The van der Waals surface area contributed by atoms with Gasteiger partial charge in [-0.1, -0.05) is 23.7 Å². The molecule has 7 heteroatoms. The predicted octanol–water partition coefficient (Wildman–Crippen LogP) is 6.12. The Hall–Kier alpha value is -3.51. The smallest absolute Gasteiger partial charge is 0.416 e. The minimum Gasteiger partial charge on any atom is -0.497 e. The van der Waals surface area contributed by atoms with Gasteiger partial charge in [0.15, 0.2) is 0 Å². The highest BCUT2D eigenvalue weighted by Crippen LogP contribution is 2.39. The van der Waals surface area contributed by atoms with Crippen molar-refractivity contribution in [3.63, 3.8) is 0 Å². The molecule has 1 N–H and O–H groups in total. The van der Waals surface area contributed by atoms with E-state index in [1.54, 1.807) is 42.3 Å². The number of ether oxygens (including phenoxy) is 2. The lowest BCUT2D eigenvalue weighted by atomic mass is 9.92. The van der Waals surface area contributed by atoms with Gasteiger partial charge in [-0.3, -0.25) is 4.90 Å². The second kappa shape index (κ2) is 8.20. The van der Waals surface area contributed by atoms with E-state index in [-0.39, 0.29) is 5.82 Å². The summed E-state index contributed by atoms with van der Waals surface area (Å²) in [5.74, 6) is 0.826. The normalized spacial score (nSPS) is 15.5. The molecule has 0 fully saturated rings.